The fourth-order valence-electron chi connectivity index (χ4n) is 6.55. The first-order valence-corrected chi connectivity index (χ1v) is 14.4. The van der Waals surface area contributed by atoms with Gasteiger partial charge in [-0.3, -0.25) is 0 Å². The molecule has 2 fully saturated rings. The molecule has 4 N–H and O–H groups in total. The van der Waals surface area contributed by atoms with Crippen LogP contribution in [0.5, 0.6) is 11.5 Å². The molecule has 3 unspecified atom stereocenters. The largest absolute Gasteiger partial charge is 0.508 e. The van der Waals surface area contributed by atoms with Crippen molar-refractivity contribution in [3.8, 4) is 23.3 Å². The van der Waals surface area contributed by atoms with Gasteiger partial charge in [-0.2, -0.15) is 0 Å². The van der Waals surface area contributed by atoms with Crippen molar-refractivity contribution >= 4 is 49.2 Å². The Morgan fingerprint density at radius 3 is 2.07 bits per heavy atom. The van der Waals surface area contributed by atoms with Crippen LogP contribution in [0.2, 0.25) is 0 Å². The van der Waals surface area contributed by atoms with Gasteiger partial charge in [-0.25, -0.2) is 9.59 Å². The Balaban J connectivity index is 1.09. The van der Waals surface area contributed by atoms with Gasteiger partial charge < -0.3 is 34.4 Å². The Labute approximate surface area is 249 Å². The molecule has 9 heteroatoms. The summed E-state index contributed by atoms with van der Waals surface area (Å²) in [6.07, 6.45) is 0.497. The molecule has 6 aromatic rings. The standard InChI is InChI=1S/C35H26N2O7/c38-21-3-7-25-23-5-1-19(13-27(23)33(40)43-31(25)15-21)9-10-35(42)17-29(35)30-18-36-11-12-37(30)20-2-6-24-26-8-4-22(39)16-32(26)44-34(41)28(24)14-20/h1-8,13-16,29-30,36,38-39,42H,11-12,17-18H2. The van der Waals surface area contributed by atoms with Crippen LogP contribution in [-0.4, -0.2) is 46.6 Å². The van der Waals surface area contributed by atoms with Crippen LogP contribution in [0.25, 0.3) is 43.5 Å². The van der Waals surface area contributed by atoms with Crippen molar-refractivity contribution < 1.29 is 24.2 Å². The molecule has 1 aliphatic carbocycles. The van der Waals surface area contributed by atoms with E-state index < -0.39 is 16.9 Å². The van der Waals surface area contributed by atoms with Gasteiger partial charge in [0.25, 0.3) is 0 Å². The molecule has 0 amide bonds. The number of nitrogens with one attached hydrogen (secondary N) is 1. The van der Waals surface area contributed by atoms with Crippen LogP contribution in [-0.2, 0) is 0 Å². The fourth-order valence-corrected chi connectivity index (χ4v) is 6.55. The molecule has 3 heterocycles. The first kappa shape index (κ1) is 26.3. The predicted octanol–water partition coefficient (Wildman–Crippen LogP) is 4.20. The zero-order chi connectivity index (χ0) is 30.2. The van der Waals surface area contributed by atoms with Gasteiger partial charge in [0.2, 0.25) is 0 Å². The average molecular weight is 587 g/mol. The molecule has 44 heavy (non-hydrogen) atoms. The van der Waals surface area contributed by atoms with E-state index in [-0.39, 0.29) is 23.5 Å². The molecule has 0 radical (unpaired) electrons. The van der Waals surface area contributed by atoms with E-state index in [1.54, 1.807) is 36.4 Å². The number of hydrogen-bond acceptors (Lipinski definition) is 9. The van der Waals surface area contributed by atoms with Crippen LogP contribution in [0, 0.1) is 17.8 Å². The van der Waals surface area contributed by atoms with Gasteiger partial charge in [0.05, 0.1) is 10.8 Å². The second-order valence-electron chi connectivity index (χ2n) is 11.6. The number of rotatable bonds is 2. The third-order valence-corrected chi connectivity index (χ3v) is 8.87. The highest BCUT2D eigenvalue weighted by atomic mass is 16.4. The Hall–Kier alpha value is -5.30. The van der Waals surface area contributed by atoms with E-state index in [1.165, 1.54) is 12.1 Å². The molecule has 0 bridgehead atoms. The highest BCUT2D eigenvalue weighted by Gasteiger charge is 2.57. The maximum atomic E-state index is 12.9. The summed E-state index contributed by atoms with van der Waals surface area (Å²) in [4.78, 5) is 27.8. The summed E-state index contributed by atoms with van der Waals surface area (Å²) in [6.45, 7) is 2.10. The molecule has 8 rings (SSSR count). The van der Waals surface area contributed by atoms with Crippen molar-refractivity contribution in [3.05, 3.63) is 99.2 Å². The number of aliphatic hydroxyl groups is 1. The second kappa shape index (κ2) is 9.61. The van der Waals surface area contributed by atoms with Gasteiger partial charge in [-0.05, 0) is 55.0 Å². The van der Waals surface area contributed by atoms with E-state index in [0.717, 1.165) is 23.0 Å². The van der Waals surface area contributed by atoms with Gasteiger partial charge in [-0.15, -0.1) is 0 Å². The summed E-state index contributed by atoms with van der Waals surface area (Å²) in [5, 5.41) is 38.1. The molecule has 218 valence electrons. The number of phenols is 2. The maximum Gasteiger partial charge on any atom is 0.344 e. The van der Waals surface area contributed by atoms with E-state index in [0.29, 0.717) is 57.8 Å². The minimum absolute atomic E-state index is 0.0169. The molecule has 1 saturated heterocycles. The van der Waals surface area contributed by atoms with Crippen molar-refractivity contribution in [2.24, 2.45) is 5.92 Å². The number of anilines is 1. The molecule has 0 spiro atoms. The van der Waals surface area contributed by atoms with E-state index in [9.17, 15) is 24.9 Å². The van der Waals surface area contributed by atoms with Gasteiger partial charge in [-0.1, -0.05) is 24.0 Å². The molecule has 9 nitrogen and oxygen atoms in total. The zero-order valence-corrected chi connectivity index (χ0v) is 23.3. The highest BCUT2D eigenvalue weighted by molar-refractivity contribution is 6.06. The molecule has 1 aliphatic heterocycles. The summed E-state index contributed by atoms with van der Waals surface area (Å²) in [5.74, 6) is 6.05. The van der Waals surface area contributed by atoms with Crippen LogP contribution < -0.4 is 21.5 Å². The minimum Gasteiger partial charge on any atom is -0.508 e. The number of nitrogens with zero attached hydrogens (tertiary/aromatic N) is 1. The van der Waals surface area contributed by atoms with Gasteiger partial charge in [0.1, 0.15) is 28.3 Å². The monoisotopic (exact) mass is 586 g/mol. The molecular formula is C35H26N2O7. The number of piperazine rings is 1. The van der Waals surface area contributed by atoms with Crippen molar-refractivity contribution in [3.63, 3.8) is 0 Å². The predicted molar refractivity (Wildman–Crippen MR) is 167 cm³/mol. The van der Waals surface area contributed by atoms with E-state index in [4.69, 9.17) is 8.83 Å². The molecule has 2 aliphatic rings. The Bertz CT molecular complexity index is 2350. The van der Waals surface area contributed by atoms with Crippen LogP contribution in [0.4, 0.5) is 5.69 Å². The molecule has 2 aromatic heterocycles. The number of benzene rings is 4. The van der Waals surface area contributed by atoms with Crippen molar-refractivity contribution in [2.45, 2.75) is 18.1 Å². The maximum absolute atomic E-state index is 12.9. The Morgan fingerprint density at radius 1 is 0.773 bits per heavy atom. The summed E-state index contributed by atoms with van der Waals surface area (Å²) < 4.78 is 10.9. The normalized spacial score (nSPS) is 21.5. The Morgan fingerprint density at radius 2 is 1.39 bits per heavy atom. The highest BCUT2D eigenvalue weighted by Crippen LogP contribution is 2.48. The van der Waals surface area contributed by atoms with Crippen LogP contribution >= 0.6 is 0 Å². The third-order valence-electron chi connectivity index (χ3n) is 8.87. The topological polar surface area (TPSA) is 136 Å². The second-order valence-corrected chi connectivity index (χ2v) is 11.6. The van der Waals surface area contributed by atoms with Crippen LogP contribution in [0.1, 0.15) is 12.0 Å². The number of hydrogen-bond donors (Lipinski definition) is 4. The third kappa shape index (κ3) is 4.27. The Kier molecular flexibility index (Phi) is 5.75. The zero-order valence-electron chi connectivity index (χ0n) is 23.3. The number of aromatic hydroxyl groups is 2. The smallest absolute Gasteiger partial charge is 0.344 e. The van der Waals surface area contributed by atoms with E-state index in [1.807, 2.05) is 24.3 Å². The van der Waals surface area contributed by atoms with Crippen molar-refractivity contribution in [1.82, 2.24) is 5.32 Å². The van der Waals surface area contributed by atoms with E-state index >= 15 is 0 Å². The number of phenolic OH excluding ortho intramolecular Hbond substituents is 2. The van der Waals surface area contributed by atoms with Crippen molar-refractivity contribution in [1.29, 1.82) is 0 Å². The van der Waals surface area contributed by atoms with Crippen LogP contribution in [0.3, 0.4) is 0 Å². The molecular weight excluding hydrogens is 560 g/mol. The van der Waals surface area contributed by atoms with E-state index in [2.05, 4.69) is 22.1 Å². The number of fused-ring (bicyclic) bond motifs is 6. The van der Waals surface area contributed by atoms with Gasteiger partial charge in [0.15, 0.2) is 0 Å². The summed E-state index contributed by atoms with van der Waals surface area (Å²) >= 11 is 0. The summed E-state index contributed by atoms with van der Waals surface area (Å²) in [6, 6.07) is 20.3. The van der Waals surface area contributed by atoms with Crippen molar-refractivity contribution in [2.75, 3.05) is 24.5 Å². The average Bonchev–Trinajstić information content (AvgIpc) is 3.70. The lowest BCUT2D eigenvalue weighted by Crippen LogP contribution is -2.53. The fraction of sp³-hybridized carbons (Fsp3) is 0.200. The SMILES string of the molecule is O=c1oc2cc(O)ccc2c2ccc(C#CC3(O)CC3C3CNCCN3c3ccc4c(c3)c(=O)oc3cc(O)ccc34)cc12. The summed E-state index contributed by atoms with van der Waals surface area (Å²) in [7, 11) is 0. The first-order valence-electron chi connectivity index (χ1n) is 14.4. The molecule has 1 saturated carbocycles. The molecule has 3 atom stereocenters. The molecule has 4 aromatic carbocycles. The minimum atomic E-state index is -1.20. The quantitative estimate of drug-likeness (QED) is 0.134. The van der Waals surface area contributed by atoms with Gasteiger partial charge >= 0.3 is 11.3 Å². The lowest BCUT2D eigenvalue weighted by atomic mass is 10.0. The van der Waals surface area contributed by atoms with Crippen LogP contribution in [0.15, 0.2) is 91.2 Å². The lowest BCUT2D eigenvalue weighted by molar-refractivity contribution is 0.181. The summed E-state index contributed by atoms with van der Waals surface area (Å²) in [5.41, 5.74) is -0.113. The van der Waals surface area contributed by atoms with Gasteiger partial charge in [0, 0.05) is 76.5 Å². The lowest BCUT2D eigenvalue weighted by Gasteiger charge is -2.38. The first-order chi connectivity index (χ1) is 21.3.